The minimum absolute atomic E-state index is 0.0610. The van der Waals surface area contributed by atoms with Gasteiger partial charge < -0.3 is 10.6 Å². The molecule has 2 N–H and O–H groups in total. The monoisotopic (exact) mass is 371 g/mol. The molecule has 1 aliphatic heterocycles. The second-order valence-electron chi connectivity index (χ2n) is 6.02. The predicted molar refractivity (Wildman–Crippen MR) is 97.6 cm³/mol. The van der Waals surface area contributed by atoms with Gasteiger partial charge in [0.15, 0.2) is 0 Å². The molecular weight excluding hydrogens is 349 g/mol. The highest BCUT2D eigenvalue weighted by Crippen LogP contribution is 2.25. The molecule has 1 aromatic carbocycles. The number of hydrogen-bond donors (Lipinski definition) is 2. The van der Waals surface area contributed by atoms with Gasteiger partial charge in [0.2, 0.25) is 11.8 Å². The van der Waals surface area contributed by atoms with E-state index in [1.807, 2.05) is 6.92 Å². The van der Waals surface area contributed by atoms with E-state index in [1.54, 1.807) is 18.2 Å². The van der Waals surface area contributed by atoms with E-state index in [4.69, 9.17) is 23.2 Å². The summed E-state index contributed by atoms with van der Waals surface area (Å²) in [5.74, 6) is 0.102. The van der Waals surface area contributed by atoms with Crippen molar-refractivity contribution in [3.05, 3.63) is 28.2 Å². The van der Waals surface area contributed by atoms with Crippen LogP contribution in [0.25, 0.3) is 0 Å². The van der Waals surface area contributed by atoms with Gasteiger partial charge >= 0.3 is 0 Å². The van der Waals surface area contributed by atoms with Crippen LogP contribution in [-0.2, 0) is 9.59 Å². The van der Waals surface area contributed by atoms with Crippen molar-refractivity contribution in [1.29, 1.82) is 0 Å². The van der Waals surface area contributed by atoms with E-state index in [9.17, 15) is 9.59 Å². The summed E-state index contributed by atoms with van der Waals surface area (Å²) in [6, 6.07) is 5.00. The van der Waals surface area contributed by atoms with Crippen LogP contribution in [0, 0.1) is 5.92 Å². The van der Waals surface area contributed by atoms with Gasteiger partial charge in [-0.05, 0) is 50.6 Å². The van der Waals surface area contributed by atoms with Gasteiger partial charge in [0, 0.05) is 18.2 Å². The topological polar surface area (TPSA) is 61.4 Å². The number of halogens is 2. The highest BCUT2D eigenvalue weighted by Gasteiger charge is 2.25. The van der Waals surface area contributed by atoms with Crippen molar-refractivity contribution in [2.24, 2.45) is 5.92 Å². The van der Waals surface area contributed by atoms with Crippen LogP contribution in [0.15, 0.2) is 18.2 Å². The van der Waals surface area contributed by atoms with Gasteiger partial charge in [-0.25, -0.2) is 0 Å². The van der Waals surface area contributed by atoms with Gasteiger partial charge in [-0.15, -0.1) is 0 Å². The van der Waals surface area contributed by atoms with Crippen molar-refractivity contribution in [2.75, 3.05) is 31.5 Å². The van der Waals surface area contributed by atoms with Crippen molar-refractivity contribution < 1.29 is 9.59 Å². The second-order valence-corrected chi connectivity index (χ2v) is 6.83. The van der Waals surface area contributed by atoms with Crippen LogP contribution in [0.3, 0.4) is 0 Å². The van der Waals surface area contributed by atoms with Crippen molar-refractivity contribution in [3.8, 4) is 0 Å². The number of likely N-dealkylation sites (tertiary alicyclic amines) is 1. The molecule has 2 amide bonds. The molecule has 1 aromatic rings. The first-order valence-corrected chi connectivity index (χ1v) is 9.00. The summed E-state index contributed by atoms with van der Waals surface area (Å²) in [7, 11) is 0. The summed E-state index contributed by atoms with van der Waals surface area (Å²) >= 11 is 11.8. The first kappa shape index (κ1) is 19.0. The first-order chi connectivity index (χ1) is 11.5. The molecule has 1 saturated heterocycles. The summed E-state index contributed by atoms with van der Waals surface area (Å²) < 4.78 is 0. The molecule has 0 bridgehead atoms. The average Bonchev–Trinajstić information content (AvgIpc) is 2.56. The van der Waals surface area contributed by atoms with E-state index in [0.717, 1.165) is 38.9 Å². The smallest absolute Gasteiger partial charge is 0.238 e. The maximum absolute atomic E-state index is 12.1. The van der Waals surface area contributed by atoms with Crippen molar-refractivity contribution in [1.82, 2.24) is 10.2 Å². The molecule has 0 aromatic heterocycles. The van der Waals surface area contributed by atoms with E-state index >= 15 is 0 Å². The number of carbonyl (C=O) groups excluding carboxylic acids is 2. The van der Waals surface area contributed by atoms with Crippen molar-refractivity contribution >= 4 is 40.7 Å². The van der Waals surface area contributed by atoms with Crippen LogP contribution < -0.4 is 10.6 Å². The Morgan fingerprint density at radius 2 is 1.92 bits per heavy atom. The molecule has 0 atom stereocenters. The summed E-state index contributed by atoms with van der Waals surface area (Å²) in [5, 5.41) is 6.62. The number of amides is 2. The molecule has 1 fully saturated rings. The number of carbonyl (C=O) groups is 2. The number of nitrogens with one attached hydrogen (secondary N) is 2. The van der Waals surface area contributed by atoms with Crippen LogP contribution >= 0.6 is 23.2 Å². The third-order valence-corrected chi connectivity index (χ3v) is 4.82. The number of benzene rings is 1. The lowest BCUT2D eigenvalue weighted by atomic mass is 9.96. The van der Waals surface area contributed by atoms with Crippen LogP contribution in [-0.4, -0.2) is 42.9 Å². The number of nitrogens with zero attached hydrogens (tertiary/aromatic N) is 1. The summed E-state index contributed by atoms with van der Waals surface area (Å²) in [6.07, 6.45) is 2.52. The van der Waals surface area contributed by atoms with Gasteiger partial charge in [-0.3, -0.25) is 14.5 Å². The lowest BCUT2D eigenvalue weighted by Crippen LogP contribution is -2.43. The van der Waals surface area contributed by atoms with Crippen molar-refractivity contribution in [2.45, 2.75) is 26.2 Å². The van der Waals surface area contributed by atoms with Crippen LogP contribution in [0.1, 0.15) is 26.2 Å². The fraction of sp³-hybridized carbons (Fsp3) is 0.529. The van der Waals surface area contributed by atoms with E-state index in [1.165, 1.54) is 0 Å². The molecule has 0 aliphatic carbocycles. The number of hydrogen-bond acceptors (Lipinski definition) is 3. The molecule has 0 saturated carbocycles. The minimum atomic E-state index is -0.0951. The molecule has 1 aliphatic rings. The molecule has 0 spiro atoms. The van der Waals surface area contributed by atoms with Crippen LogP contribution in [0.5, 0.6) is 0 Å². The van der Waals surface area contributed by atoms with E-state index in [0.29, 0.717) is 22.3 Å². The van der Waals surface area contributed by atoms with Gasteiger partial charge in [0.25, 0.3) is 0 Å². The van der Waals surface area contributed by atoms with Crippen LogP contribution in [0.4, 0.5) is 5.69 Å². The Balaban J connectivity index is 1.75. The van der Waals surface area contributed by atoms with Crippen LogP contribution in [0.2, 0.25) is 10.0 Å². The highest BCUT2D eigenvalue weighted by atomic mass is 35.5. The van der Waals surface area contributed by atoms with Gasteiger partial charge in [-0.2, -0.15) is 0 Å². The number of anilines is 1. The summed E-state index contributed by atoms with van der Waals surface area (Å²) in [5.41, 5.74) is 0.628. The molecule has 5 nitrogen and oxygen atoms in total. The minimum Gasteiger partial charge on any atom is -0.356 e. The molecule has 0 radical (unpaired) electrons. The zero-order chi connectivity index (χ0) is 17.5. The third-order valence-electron chi connectivity index (χ3n) is 4.08. The Bertz CT molecular complexity index is 587. The van der Waals surface area contributed by atoms with E-state index < -0.39 is 0 Å². The maximum atomic E-state index is 12.1. The molecule has 2 rings (SSSR count). The molecular formula is C17H23Cl2N3O2. The largest absolute Gasteiger partial charge is 0.356 e. The predicted octanol–water partition coefficient (Wildman–Crippen LogP) is 3.17. The summed E-state index contributed by atoms with van der Waals surface area (Å²) in [6.45, 7) is 4.57. The normalized spacial score (nSPS) is 16.0. The lowest BCUT2D eigenvalue weighted by molar-refractivity contribution is -0.126. The Morgan fingerprint density at radius 1 is 1.21 bits per heavy atom. The fourth-order valence-corrected chi connectivity index (χ4v) is 3.02. The Hall–Kier alpha value is -1.30. The molecule has 24 heavy (non-hydrogen) atoms. The Morgan fingerprint density at radius 3 is 2.54 bits per heavy atom. The maximum Gasteiger partial charge on any atom is 0.238 e. The van der Waals surface area contributed by atoms with Gasteiger partial charge in [-0.1, -0.05) is 30.1 Å². The zero-order valence-electron chi connectivity index (χ0n) is 13.8. The third kappa shape index (κ3) is 5.65. The Labute approximate surface area is 152 Å². The lowest BCUT2D eigenvalue weighted by Gasteiger charge is -2.30. The highest BCUT2D eigenvalue weighted by molar-refractivity contribution is 6.42. The first-order valence-electron chi connectivity index (χ1n) is 8.24. The second kappa shape index (κ2) is 9.25. The quantitative estimate of drug-likeness (QED) is 0.806. The average molecular weight is 372 g/mol. The number of piperidine rings is 1. The zero-order valence-corrected chi connectivity index (χ0v) is 15.3. The van der Waals surface area contributed by atoms with Gasteiger partial charge in [0.1, 0.15) is 0 Å². The molecule has 132 valence electrons. The fourth-order valence-electron chi connectivity index (χ4n) is 2.72. The van der Waals surface area contributed by atoms with E-state index in [2.05, 4.69) is 15.5 Å². The van der Waals surface area contributed by atoms with E-state index in [-0.39, 0.29) is 17.7 Å². The van der Waals surface area contributed by atoms with Gasteiger partial charge in [0.05, 0.1) is 16.6 Å². The Kier molecular flexibility index (Phi) is 7.34. The number of rotatable bonds is 6. The SMILES string of the molecule is CCCNC(=O)C1CCN(CC(=O)Nc2ccc(Cl)c(Cl)c2)CC1. The molecule has 0 unspecified atom stereocenters. The van der Waals surface area contributed by atoms with Crippen molar-refractivity contribution in [3.63, 3.8) is 0 Å². The standard InChI is InChI=1S/C17H23Cl2N3O2/c1-2-7-20-17(24)12-5-8-22(9-6-12)11-16(23)21-13-3-4-14(18)15(19)10-13/h3-4,10,12H,2,5-9,11H2,1H3,(H,20,24)(H,21,23). The summed E-state index contributed by atoms with van der Waals surface area (Å²) in [4.78, 5) is 26.1. The molecule has 7 heteroatoms. The molecule has 1 heterocycles.